The molecule has 0 radical (unpaired) electrons. The van der Waals surface area contributed by atoms with Crippen LogP contribution in [-0.4, -0.2) is 122 Å². The zero-order chi connectivity index (χ0) is 44.8. The van der Waals surface area contributed by atoms with Crippen molar-refractivity contribution < 1.29 is 43.0 Å². The molecule has 18 nitrogen and oxygen atoms in total. The molecule has 20 heteroatoms. The second-order valence-electron chi connectivity index (χ2n) is 14.4. The molecule has 2 saturated heterocycles. The SMILES string of the molecule is COc1cc(OC)c(Cl)c(NC(=O)N(C)c2cc(Nc3ccc(N4CCN(C(=O)CCOCC#Cc5ccc6c(c5)C(=O)N(C5CCC(=O)NC5=O)C6=O)CC4)cc3)ncn2)c1Cl. The summed E-state index contributed by atoms with van der Waals surface area (Å²) >= 11 is 12.9. The van der Waals surface area contributed by atoms with Gasteiger partial charge in [-0.2, -0.15) is 0 Å². The zero-order valence-corrected chi connectivity index (χ0v) is 35.8. The van der Waals surface area contributed by atoms with Gasteiger partial charge in [-0.05, 0) is 48.9 Å². The first kappa shape index (κ1) is 44.1. The fourth-order valence-electron chi connectivity index (χ4n) is 7.13. The summed E-state index contributed by atoms with van der Waals surface area (Å²) in [6, 6.07) is 13.9. The highest BCUT2D eigenvalue weighted by Crippen LogP contribution is 2.44. The van der Waals surface area contributed by atoms with Crippen LogP contribution in [0.2, 0.25) is 10.0 Å². The predicted octanol–water partition coefficient (Wildman–Crippen LogP) is 4.72. The molecule has 4 aromatic rings. The summed E-state index contributed by atoms with van der Waals surface area (Å²) in [6.07, 6.45) is 1.64. The Hall–Kier alpha value is -6.94. The molecule has 7 amide bonds. The summed E-state index contributed by atoms with van der Waals surface area (Å²) in [5.41, 5.74) is 2.68. The number of hydrogen-bond acceptors (Lipinski definition) is 13. The van der Waals surface area contributed by atoms with E-state index in [0.717, 1.165) is 16.3 Å². The minimum Gasteiger partial charge on any atom is -0.495 e. The van der Waals surface area contributed by atoms with Gasteiger partial charge >= 0.3 is 6.03 Å². The smallest absolute Gasteiger partial charge is 0.327 e. The lowest BCUT2D eigenvalue weighted by molar-refractivity contribution is -0.136. The number of hydrogen-bond donors (Lipinski definition) is 3. The van der Waals surface area contributed by atoms with Gasteiger partial charge in [-0.25, -0.2) is 14.8 Å². The molecule has 7 rings (SSSR count). The number of amides is 7. The molecule has 0 spiro atoms. The van der Waals surface area contributed by atoms with Crippen LogP contribution in [0.15, 0.2) is 60.9 Å². The number of nitrogens with zero attached hydrogens (tertiary/aromatic N) is 6. The summed E-state index contributed by atoms with van der Waals surface area (Å²) in [5.74, 6) is 4.76. The molecule has 1 aromatic heterocycles. The second-order valence-corrected chi connectivity index (χ2v) is 15.1. The highest BCUT2D eigenvalue weighted by Gasteiger charge is 2.44. The van der Waals surface area contributed by atoms with E-state index in [9.17, 15) is 28.8 Å². The van der Waals surface area contributed by atoms with E-state index in [4.69, 9.17) is 37.4 Å². The number of piperidine rings is 1. The van der Waals surface area contributed by atoms with Crippen LogP contribution >= 0.6 is 23.2 Å². The number of imide groups is 2. The number of methoxy groups -OCH3 is 2. The van der Waals surface area contributed by atoms with Crippen molar-refractivity contribution in [1.29, 1.82) is 0 Å². The summed E-state index contributed by atoms with van der Waals surface area (Å²) < 4.78 is 16.2. The van der Waals surface area contributed by atoms with Gasteiger partial charge in [0.25, 0.3) is 11.8 Å². The first-order valence-electron chi connectivity index (χ1n) is 19.7. The lowest BCUT2D eigenvalue weighted by Gasteiger charge is -2.36. The Kier molecular flexibility index (Phi) is 13.6. The average Bonchev–Trinajstić information content (AvgIpc) is 3.53. The number of benzene rings is 3. The van der Waals surface area contributed by atoms with Gasteiger partial charge in [0.05, 0.1) is 44.1 Å². The summed E-state index contributed by atoms with van der Waals surface area (Å²) in [6.45, 7) is 2.63. The number of carbonyl (C=O) groups excluding carboxylic acids is 6. The van der Waals surface area contributed by atoms with Crippen LogP contribution in [0.25, 0.3) is 0 Å². The normalized spacial score (nSPS) is 15.9. The molecule has 3 aliphatic rings. The van der Waals surface area contributed by atoms with Crippen LogP contribution in [0, 0.1) is 11.8 Å². The number of ether oxygens (including phenoxy) is 3. The maximum Gasteiger partial charge on any atom is 0.327 e. The molecule has 0 bridgehead atoms. The highest BCUT2D eigenvalue weighted by molar-refractivity contribution is 6.41. The van der Waals surface area contributed by atoms with E-state index in [-0.39, 0.29) is 76.7 Å². The number of rotatable bonds is 12. The first-order valence-corrected chi connectivity index (χ1v) is 20.4. The van der Waals surface area contributed by atoms with Crippen molar-refractivity contribution in [2.24, 2.45) is 0 Å². The number of anilines is 5. The molecular weight excluding hydrogens is 857 g/mol. The van der Waals surface area contributed by atoms with Crippen molar-refractivity contribution >= 4 is 87.5 Å². The molecule has 0 aliphatic carbocycles. The van der Waals surface area contributed by atoms with E-state index < -0.39 is 35.7 Å². The van der Waals surface area contributed by atoms with Crippen molar-refractivity contribution in [1.82, 2.24) is 25.1 Å². The van der Waals surface area contributed by atoms with Gasteiger partial charge in [0.2, 0.25) is 17.7 Å². The minimum absolute atomic E-state index is 0.0232. The van der Waals surface area contributed by atoms with Crippen molar-refractivity contribution in [3.8, 4) is 23.3 Å². The van der Waals surface area contributed by atoms with E-state index in [2.05, 4.69) is 42.7 Å². The maximum absolute atomic E-state index is 13.2. The largest absolute Gasteiger partial charge is 0.495 e. The first-order chi connectivity index (χ1) is 30.4. The Morgan fingerprint density at radius 2 is 1.60 bits per heavy atom. The molecular formula is C43H41Cl2N9O9. The van der Waals surface area contributed by atoms with Crippen LogP contribution in [0.1, 0.15) is 45.5 Å². The fraction of sp³-hybridized carbons (Fsp3) is 0.302. The van der Waals surface area contributed by atoms with Gasteiger partial charge in [0.1, 0.15) is 52.2 Å². The number of urea groups is 1. The Bertz CT molecular complexity index is 2510. The third-order valence-corrected chi connectivity index (χ3v) is 11.3. The van der Waals surface area contributed by atoms with E-state index in [1.54, 1.807) is 12.1 Å². The quantitative estimate of drug-likeness (QED) is 0.100. The lowest BCUT2D eigenvalue weighted by atomic mass is 10.0. The number of aromatic nitrogens is 2. The standard InChI is InChI=1S/C43H41Cl2N9O9/c1-51(43(60)50-39-37(44)31(61-2)22-32(62-3)38(39)45)34-23-33(46-24-47-34)48-26-7-9-27(10-8-26)52-15-17-53(18-16-52)36(56)14-20-63-19-4-5-25-6-11-28-29(21-25)42(59)54(41(28)58)30-12-13-35(55)49-40(30)57/h6-11,21-24,30H,12-20H2,1-3H3,(H,50,60)(H,46,47,48)(H,49,55,57). The van der Waals surface area contributed by atoms with Crippen molar-refractivity contribution in [3.63, 3.8) is 0 Å². The molecule has 4 heterocycles. The monoisotopic (exact) mass is 897 g/mol. The molecule has 63 heavy (non-hydrogen) atoms. The van der Waals surface area contributed by atoms with Gasteiger partial charge < -0.3 is 34.6 Å². The third-order valence-electron chi connectivity index (χ3n) is 10.6. The summed E-state index contributed by atoms with van der Waals surface area (Å²) in [7, 11) is 4.41. The highest BCUT2D eigenvalue weighted by atomic mass is 35.5. The van der Waals surface area contributed by atoms with Gasteiger partial charge in [-0.15, -0.1) is 0 Å². The molecule has 2 fully saturated rings. The van der Waals surface area contributed by atoms with Crippen molar-refractivity contribution in [2.75, 3.05) is 81.1 Å². The summed E-state index contributed by atoms with van der Waals surface area (Å²) in [5, 5.41) is 8.33. The molecule has 0 saturated carbocycles. The predicted molar refractivity (Wildman–Crippen MR) is 233 cm³/mol. The minimum atomic E-state index is -1.04. The molecule has 1 atom stereocenters. The Balaban J connectivity index is 0.836. The number of nitrogens with one attached hydrogen (secondary N) is 3. The number of carbonyl (C=O) groups is 6. The molecule has 3 aliphatic heterocycles. The van der Waals surface area contributed by atoms with Crippen LogP contribution in [0.3, 0.4) is 0 Å². The fourth-order valence-corrected chi connectivity index (χ4v) is 7.73. The van der Waals surface area contributed by atoms with Gasteiger partial charge in [0.15, 0.2) is 0 Å². The molecule has 3 aromatic carbocycles. The topological polar surface area (TPSA) is 205 Å². The van der Waals surface area contributed by atoms with Crippen LogP contribution < -0.4 is 35.2 Å². The molecule has 3 N–H and O–H groups in total. The maximum atomic E-state index is 13.2. The zero-order valence-electron chi connectivity index (χ0n) is 34.3. The third kappa shape index (κ3) is 9.75. The van der Waals surface area contributed by atoms with Gasteiger partial charge in [-0.3, -0.25) is 39.1 Å². The number of fused-ring (bicyclic) bond motifs is 1. The van der Waals surface area contributed by atoms with Gasteiger partial charge in [0, 0.05) is 68.7 Å². The Labute approximate surface area is 371 Å². The Morgan fingerprint density at radius 1 is 0.905 bits per heavy atom. The van der Waals surface area contributed by atoms with Gasteiger partial charge in [-0.1, -0.05) is 35.0 Å². The second kappa shape index (κ2) is 19.4. The van der Waals surface area contributed by atoms with Crippen LogP contribution in [-0.2, 0) is 19.1 Å². The van der Waals surface area contributed by atoms with E-state index in [1.807, 2.05) is 29.2 Å². The van der Waals surface area contributed by atoms with Crippen LogP contribution in [0.4, 0.5) is 33.5 Å². The van der Waals surface area contributed by atoms with E-state index >= 15 is 0 Å². The van der Waals surface area contributed by atoms with Crippen molar-refractivity contribution in [3.05, 3.63) is 87.7 Å². The number of piperazine rings is 1. The number of halogens is 2. The van der Waals surface area contributed by atoms with Crippen molar-refractivity contribution in [2.45, 2.75) is 25.3 Å². The Morgan fingerprint density at radius 3 is 2.29 bits per heavy atom. The van der Waals surface area contributed by atoms with Crippen LogP contribution in [0.5, 0.6) is 11.5 Å². The summed E-state index contributed by atoms with van der Waals surface area (Å²) in [4.78, 5) is 90.7. The lowest BCUT2D eigenvalue weighted by Crippen LogP contribution is -2.54. The molecule has 1 unspecified atom stereocenters. The van der Waals surface area contributed by atoms with E-state index in [0.29, 0.717) is 43.4 Å². The molecule has 326 valence electrons. The van der Waals surface area contributed by atoms with E-state index in [1.165, 1.54) is 50.7 Å². The average molecular weight is 899 g/mol.